The number of nitrogens with one attached hydrogen (secondary N) is 1. The lowest BCUT2D eigenvalue weighted by molar-refractivity contribution is 1.08. The number of fused-ring (bicyclic) bond motifs is 1. The van der Waals surface area contributed by atoms with Gasteiger partial charge in [-0.3, -0.25) is 0 Å². The first-order valence-electron chi connectivity index (χ1n) is 4.21. The van der Waals surface area contributed by atoms with Gasteiger partial charge in [0.25, 0.3) is 0 Å². The molecule has 0 bridgehead atoms. The fourth-order valence-corrected chi connectivity index (χ4v) is 1.96. The lowest BCUT2D eigenvalue weighted by Crippen LogP contribution is -1.83. The Labute approximate surface area is 85.7 Å². The van der Waals surface area contributed by atoms with Crippen molar-refractivity contribution in [3.05, 3.63) is 23.8 Å². The highest BCUT2D eigenvalue weighted by atomic mass is 32.1. The molecule has 0 radical (unpaired) electrons. The van der Waals surface area contributed by atoms with E-state index < -0.39 is 0 Å². The highest BCUT2D eigenvalue weighted by Crippen LogP contribution is 2.26. The van der Waals surface area contributed by atoms with Gasteiger partial charge in [0, 0.05) is 0 Å². The van der Waals surface area contributed by atoms with E-state index in [1.807, 2.05) is 0 Å². The summed E-state index contributed by atoms with van der Waals surface area (Å²) in [5, 5.41) is 8.06. The third kappa shape index (κ3) is 1.72. The molecule has 1 aromatic heterocycles. The van der Waals surface area contributed by atoms with Crippen molar-refractivity contribution in [1.29, 1.82) is 0 Å². The van der Waals surface area contributed by atoms with Crippen LogP contribution in [0.1, 0.15) is 5.56 Å². The summed E-state index contributed by atoms with van der Waals surface area (Å²) >= 11 is 1.57. The largest absolute Gasteiger partial charge is 0.234 e. The highest BCUT2D eigenvalue weighted by molar-refractivity contribution is 7.22. The van der Waals surface area contributed by atoms with Gasteiger partial charge in [0.05, 0.1) is 17.3 Å². The standard InChI is InChI=1S/C9H10N4S/c1-6-3-4-8-7(5-6)11-9(14-8)12-13-10-2/h3-5H,1-2H3,(H,10,11,12). The molecule has 1 heterocycles. The van der Waals surface area contributed by atoms with Crippen LogP contribution in [0.2, 0.25) is 0 Å². The molecule has 2 aromatic rings. The number of thiazole rings is 1. The van der Waals surface area contributed by atoms with Gasteiger partial charge in [-0.1, -0.05) is 22.6 Å². The number of hydrogen-bond donors (Lipinski definition) is 1. The summed E-state index contributed by atoms with van der Waals surface area (Å²) in [4.78, 5) is 4.36. The normalized spacial score (nSPS) is 11.3. The molecule has 0 saturated heterocycles. The van der Waals surface area contributed by atoms with Crippen molar-refractivity contribution < 1.29 is 0 Å². The number of hydrogen-bond acceptors (Lipinski definition) is 4. The lowest BCUT2D eigenvalue weighted by atomic mass is 10.2. The van der Waals surface area contributed by atoms with E-state index in [9.17, 15) is 0 Å². The predicted molar refractivity (Wildman–Crippen MR) is 58.8 cm³/mol. The Hall–Kier alpha value is -1.49. The van der Waals surface area contributed by atoms with Gasteiger partial charge < -0.3 is 0 Å². The fraction of sp³-hybridized carbons (Fsp3) is 0.222. The zero-order valence-electron chi connectivity index (χ0n) is 7.98. The first-order valence-corrected chi connectivity index (χ1v) is 5.03. The molecule has 1 N–H and O–H groups in total. The molecule has 0 aliphatic rings. The molecule has 0 aliphatic carbocycles. The third-order valence-electron chi connectivity index (χ3n) is 1.79. The number of rotatable bonds is 2. The van der Waals surface area contributed by atoms with Gasteiger partial charge in [0.2, 0.25) is 5.13 Å². The summed E-state index contributed by atoms with van der Waals surface area (Å²) in [6.45, 7) is 2.05. The second kappa shape index (κ2) is 3.71. The van der Waals surface area contributed by atoms with Gasteiger partial charge >= 0.3 is 0 Å². The van der Waals surface area contributed by atoms with E-state index in [-0.39, 0.29) is 0 Å². The number of aryl methyl sites for hydroxylation is 1. The van der Waals surface area contributed by atoms with Gasteiger partial charge in [0.15, 0.2) is 0 Å². The molecule has 1 aromatic carbocycles. The lowest BCUT2D eigenvalue weighted by Gasteiger charge is -1.88. The molecule has 72 valence electrons. The summed E-state index contributed by atoms with van der Waals surface area (Å²) in [5.41, 5.74) is 4.99. The van der Waals surface area contributed by atoms with E-state index in [1.54, 1.807) is 18.4 Å². The van der Waals surface area contributed by atoms with E-state index in [2.05, 4.69) is 45.9 Å². The minimum absolute atomic E-state index is 0.774. The minimum Gasteiger partial charge on any atom is -0.234 e. The zero-order valence-corrected chi connectivity index (χ0v) is 8.80. The average molecular weight is 206 g/mol. The molecule has 0 unspecified atom stereocenters. The SMILES string of the molecule is CN=NNc1nc2cc(C)ccc2s1. The van der Waals surface area contributed by atoms with Crippen molar-refractivity contribution in [2.45, 2.75) is 6.92 Å². The van der Waals surface area contributed by atoms with Gasteiger partial charge in [0.1, 0.15) is 0 Å². The third-order valence-corrected chi connectivity index (χ3v) is 2.73. The summed E-state index contributed by atoms with van der Waals surface area (Å²) in [6.07, 6.45) is 0. The van der Waals surface area contributed by atoms with Crippen LogP contribution in [-0.2, 0) is 0 Å². The van der Waals surface area contributed by atoms with Crippen LogP contribution in [0.15, 0.2) is 28.5 Å². The maximum absolute atomic E-state index is 4.36. The van der Waals surface area contributed by atoms with E-state index in [1.165, 1.54) is 5.56 Å². The Balaban J connectivity index is 2.41. The second-order valence-corrected chi connectivity index (χ2v) is 3.93. The van der Waals surface area contributed by atoms with Crippen LogP contribution in [0.25, 0.3) is 10.2 Å². The van der Waals surface area contributed by atoms with Crippen molar-refractivity contribution in [2.24, 2.45) is 10.3 Å². The molecule has 0 atom stereocenters. The molecule has 0 spiro atoms. The molecular formula is C9H10N4S. The zero-order chi connectivity index (χ0) is 9.97. The van der Waals surface area contributed by atoms with Crippen molar-refractivity contribution in [3.63, 3.8) is 0 Å². The van der Waals surface area contributed by atoms with Gasteiger partial charge in [-0.05, 0) is 24.6 Å². The van der Waals surface area contributed by atoms with E-state index >= 15 is 0 Å². The average Bonchev–Trinajstić information content (AvgIpc) is 2.56. The molecule has 5 heteroatoms. The number of aromatic nitrogens is 1. The summed E-state index contributed by atoms with van der Waals surface area (Å²) < 4.78 is 1.16. The molecule has 0 aliphatic heterocycles. The van der Waals surface area contributed by atoms with E-state index in [0.29, 0.717) is 0 Å². The Kier molecular flexibility index (Phi) is 2.41. The van der Waals surface area contributed by atoms with Crippen molar-refractivity contribution in [1.82, 2.24) is 4.98 Å². The molecule has 0 fully saturated rings. The van der Waals surface area contributed by atoms with Gasteiger partial charge in [-0.2, -0.15) is 5.11 Å². The molecular weight excluding hydrogens is 196 g/mol. The highest BCUT2D eigenvalue weighted by Gasteiger charge is 2.02. The molecule has 2 rings (SSSR count). The van der Waals surface area contributed by atoms with Gasteiger partial charge in [-0.25, -0.2) is 10.4 Å². The summed E-state index contributed by atoms with van der Waals surface area (Å²) in [7, 11) is 1.62. The minimum atomic E-state index is 0.774. The Morgan fingerprint density at radius 2 is 2.29 bits per heavy atom. The first kappa shape index (κ1) is 9.08. The van der Waals surface area contributed by atoms with E-state index in [4.69, 9.17) is 0 Å². The number of anilines is 1. The van der Waals surface area contributed by atoms with Crippen LogP contribution in [0.3, 0.4) is 0 Å². The first-order chi connectivity index (χ1) is 6.79. The van der Waals surface area contributed by atoms with Crippen LogP contribution in [-0.4, -0.2) is 12.0 Å². The van der Waals surface area contributed by atoms with Crippen LogP contribution >= 0.6 is 11.3 Å². The summed E-state index contributed by atoms with van der Waals surface area (Å²) in [6, 6.07) is 6.20. The molecule has 14 heavy (non-hydrogen) atoms. The quantitative estimate of drug-likeness (QED) is 0.606. The van der Waals surface area contributed by atoms with Gasteiger partial charge in [-0.15, -0.1) is 0 Å². The maximum atomic E-state index is 4.36. The maximum Gasteiger partial charge on any atom is 0.205 e. The van der Waals surface area contributed by atoms with Crippen LogP contribution < -0.4 is 5.43 Å². The molecule has 0 amide bonds. The monoisotopic (exact) mass is 206 g/mol. The Morgan fingerprint density at radius 3 is 3.07 bits per heavy atom. The Morgan fingerprint density at radius 1 is 1.43 bits per heavy atom. The smallest absolute Gasteiger partial charge is 0.205 e. The molecule has 4 nitrogen and oxygen atoms in total. The van der Waals surface area contributed by atoms with Crippen molar-refractivity contribution in [3.8, 4) is 0 Å². The molecule has 0 saturated carbocycles. The Bertz CT molecular complexity index is 475. The van der Waals surface area contributed by atoms with Crippen LogP contribution in [0.5, 0.6) is 0 Å². The summed E-state index contributed by atoms with van der Waals surface area (Å²) in [5.74, 6) is 0. The topological polar surface area (TPSA) is 49.6 Å². The number of benzene rings is 1. The van der Waals surface area contributed by atoms with Crippen molar-refractivity contribution >= 4 is 26.7 Å². The fourth-order valence-electron chi connectivity index (χ4n) is 1.18. The second-order valence-electron chi connectivity index (χ2n) is 2.90. The van der Waals surface area contributed by atoms with Crippen molar-refractivity contribution in [2.75, 3.05) is 12.5 Å². The number of nitrogens with zero attached hydrogens (tertiary/aromatic N) is 3. The predicted octanol–water partition coefficient (Wildman–Crippen LogP) is 3.01. The van der Waals surface area contributed by atoms with Crippen LogP contribution in [0.4, 0.5) is 5.13 Å². The van der Waals surface area contributed by atoms with E-state index in [0.717, 1.165) is 15.3 Å². The van der Waals surface area contributed by atoms with Crippen LogP contribution in [0, 0.1) is 6.92 Å².